The highest BCUT2D eigenvalue weighted by atomic mass is 16.6. The summed E-state index contributed by atoms with van der Waals surface area (Å²) in [5.41, 5.74) is 0.836. The van der Waals surface area contributed by atoms with Crippen molar-refractivity contribution in [3.63, 3.8) is 0 Å². The molecule has 0 bridgehead atoms. The maximum atomic E-state index is 12.0. The Bertz CT molecular complexity index is 740. The molecule has 2 amide bonds. The first-order chi connectivity index (χ1) is 11.0. The monoisotopic (exact) mass is 317 g/mol. The van der Waals surface area contributed by atoms with Gasteiger partial charge in [0, 0.05) is 17.8 Å². The SMILES string of the molecule is CCNC(=O)c1cccc(NC(=O)Cn2nccc2[N+](=O)[O-])c1. The molecule has 1 aromatic heterocycles. The van der Waals surface area contributed by atoms with Crippen LogP contribution in [0.15, 0.2) is 36.5 Å². The fourth-order valence-corrected chi connectivity index (χ4v) is 1.94. The molecule has 120 valence electrons. The zero-order valence-corrected chi connectivity index (χ0v) is 12.4. The minimum Gasteiger partial charge on any atom is -0.358 e. The third-order valence-corrected chi connectivity index (χ3v) is 2.92. The average molecular weight is 317 g/mol. The summed E-state index contributed by atoms with van der Waals surface area (Å²) < 4.78 is 0.989. The van der Waals surface area contributed by atoms with Gasteiger partial charge < -0.3 is 20.7 Å². The number of aromatic nitrogens is 2. The van der Waals surface area contributed by atoms with E-state index in [0.29, 0.717) is 17.8 Å². The van der Waals surface area contributed by atoms with Gasteiger partial charge in [-0.25, -0.2) is 0 Å². The van der Waals surface area contributed by atoms with Crippen LogP contribution in [0.25, 0.3) is 0 Å². The van der Waals surface area contributed by atoms with Gasteiger partial charge in [0.05, 0.1) is 12.3 Å². The van der Waals surface area contributed by atoms with E-state index >= 15 is 0 Å². The van der Waals surface area contributed by atoms with E-state index in [4.69, 9.17) is 0 Å². The zero-order chi connectivity index (χ0) is 16.8. The second kappa shape index (κ2) is 7.16. The van der Waals surface area contributed by atoms with Gasteiger partial charge in [0.25, 0.3) is 11.8 Å². The Kier molecular flexibility index (Phi) is 5.03. The summed E-state index contributed by atoms with van der Waals surface area (Å²) in [4.78, 5) is 33.9. The van der Waals surface area contributed by atoms with Gasteiger partial charge in [0.2, 0.25) is 0 Å². The minimum atomic E-state index is -0.615. The highest BCUT2D eigenvalue weighted by molar-refractivity contribution is 5.97. The molecule has 1 heterocycles. The molecule has 2 rings (SSSR count). The van der Waals surface area contributed by atoms with Crippen molar-refractivity contribution in [3.8, 4) is 0 Å². The first kappa shape index (κ1) is 16.1. The van der Waals surface area contributed by atoms with E-state index in [-0.39, 0.29) is 18.3 Å². The quantitative estimate of drug-likeness (QED) is 0.612. The normalized spacial score (nSPS) is 10.1. The third kappa shape index (κ3) is 4.13. The first-order valence-electron chi connectivity index (χ1n) is 6.85. The van der Waals surface area contributed by atoms with Crippen molar-refractivity contribution in [2.75, 3.05) is 11.9 Å². The van der Waals surface area contributed by atoms with Crippen molar-refractivity contribution in [2.45, 2.75) is 13.5 Å². The third-order valence-electron chi connectivity index (χ3n) is 2.92. The summed E-state index contributed by atoms with van der Waals surface area (Å²) in [6.45, 7) is 2.01. The summed E-state index contributed by atoms with van der Waals surface area (Å²) >= 11 is 0. The molecule has 0 radical (unpaired) electrons. The second-order valence-corrected chi connectivity index (χ2v) is 4.59. The number of nitro groups is 1. The van der Waals surface area contributed by atoms with Crippen LogP contribution in [0, 0.1) is 10.1 Å². The fraction of sp³-hybridized carbons (Fsp3) is 0.214. The standard InChI is InChI=1S/C14H15N5O4/c1-2-15-14(21)10-4-3-5-11(8-10)17-12(20)9-18-13(19(22)23)6-7-16-18/h3-8H,2,9H2,1H3,(H,15,21)(H,17,20). The number of hydrogen-bond acceptors (Lipinski definition) is 5. The molecule has 2 aromatic rings. The fourth-order valence-electron chi connectivity index (χ4n) is 1.94. The molecule has 0 fully saturated rings. The Morgan fingerprint density at radius 3 is 2.83 bits per heavy atom. The van der Waals surface area contributed by atoms with Gasteiger partial charge in [0.1, 0.15) is 0 Å². The molecular weight excluding hydrogens is 302 g/mol. The zero-order valence-electron chi connectivity index (χ0n) is 12.4. The van der Waals surface area contributed by atoms with Gasteiger partial charge in [-0.1, -0.05) is 11.2 Å². The van der Waals surface area contributed by atoms with Gasteiger partial charge >= 0.3 is 5.82 Å². The Labute approximate surface area is 131 Å². The van der Waals surface area contributed by atoms with Crippen LogP contribution >= 0.6 is 0 Å². The molecule has 0 spiro atoms. The van der Waals surface area contributed by atoms with Gasteiger partial charge in [-0.2, -0.15) is 0 Å². The molecular formula is C14H15N5O4. The van der Waals surface area contributed by atoms with Crippen LogP contribution in [0.4, 0.5) is 11.5 Å². The van der Waals surface area contributed by atoms with Crippen molar-refractivity contribution >= 4 is 23.3 Å². The lowest BCUT2D eigenvalue weighted by molar-refractivity contribution is -0.392. The van der Waals surface area contributed by atoms with E-state index in [1.165, 1.54) is 18.3 Å². The lowest BCUT2D eigenvalue weighted by Gasteiger charge is -2.07. The molecule has 0 aliphatic rings. The summed E-state index contributed by atoms with van der Waals surface area (Å²) in [5, 5.41) is 19.8. The van der Waals surface area contributed by atoms with Crippen LogP contribution < -0.4 is 10.6 Å². The van der Waals surface area contributed by atoms with Crippen LogP contribution in [0.3, 0.4) is 0 Å². The maximum absolute atomic E-state index is 12.0. The lowest BCUT2D eigenvalue weighted by Crippen LogP contribution is -2.23. The lowest BCUT2D eigenvalue weighted by atomic mass is 10.2. The highest BCUT2D eigenvalue weighted by Gasteiger charge is 2.17. The smallest absolute Gasteiger partial charge is 0.345 e. The van der Waals surface area contributed by atoms with E-state index in [9.17, 15) is 19.7 Å². The number of nitrogens with one attached hydrogen (secondary N) is 2. The Hall–Kier alpha value is -3.23. The van der Waals surface area contributed by atoms with Crippen molar-refractivity contribution < 1.29 is 14.5 Å². The van der Waals surface area contributed by atoms with E-state index in [0.717, 1.165) is 4.68 Å². The van der Waals surface area contributed by atoms with E-state index < -0.39 is 10.8 Å². The number of anilines is 1. The van der Waals surface area contributed by atoms with Crippen molar-refractivity contribution in [1.29, 1.82) is 0 Å². The van der Waals surface area contributed by atoms with Crippen LogP contribution in [0.5, 0.6) is 0 Å². The number of rotatable bonds is 6. The molecule has 0 saturated heterocycles. The van der Waals surface area contributed by atoms with Crippen LogP contribution in [-0.4, -0.2) is 33.1 Å². The van der Waals surface area contributed by atoms with Crippen LogP contribution in [-0.2, 0) is 11.3 Å². The van der Waals surface area contributed by atoms with Gasteiger partial charge in [-0.15, -0.1) is 4.68 Å². The molecule has 9 heteroatoms. The van der Waals surface area contributed by atoms with Crippen LogP contribution in [0.1, 0.15) is 17.3 Å². The minimum absolute atomic E-state index is 0.244. The molecule has 0 aliphatic heterocycles. The number of carbonyl (C=O) groups excluding carboxylic acids is 2. The largest absolute Gasteiger partial charge is 0.358 e. The molecule has 23 heavy (non-hydrogen) atoms. The Morgan fingerprint density at radius 1 is 1.35 bits per heavy atom. The van der Waals surface area contributed by atoms with E-state index in [1.54, 1.807) is 25.1 Å². The molecule has 0 atom stereocenters. The van der Waals surface area contributed by atoms with Gasteiger partial charge in [-0.3, -0.25) is 9.59 Å². The Balaban J connectivity index is 2.05. The summed E-state index contributed by atoms with van der Waals surface area (Å²) in [7, 11) is 0. The number of nitrogens with zero attached hydrogens (tertiary/aromatic N) is 3. The average Bonchev–Trinajstić information content (AvgIpc) is 2.96. The molecule has 9 nitrogen and oxygen atoms in total. The summed E-state index contributed by atoms with van der Waals surface area (Å²) in [6, 6.07) is 7.62. The first-order valence-corrected chi connectivity index (χ1v) is 6.85. The number of amides is 2. The van der Waals surface area contributed by atoms with Gasteiger partial charge in [-0.05, 0) is 30.0 Å². The molecule has 1 aromatic carbocycles. The van der Waals surface area contributed by atoms with E-state index in [2.05, 4.69) is 15.7 Å². The van der Waals surface area contributed by atoms with Crippen molar-refractivity contribution in [1.82, 2.24) is 15.1 Å². The number of hydrogen-bond donors (Lipinski definition) is 2. The molecule has 0 aliphatic carbocycles. The summed E-state index contributed by atoms with van der Waals surface area (Å²) in [6.07, 6.45) is 1.25. The molecule has 0 saturated carbocycles. The Morgan fingerprint density at radius 2 is 2.13 bits per heavy atom. The molecule has 2 N–H and O–H groups in total. The topological polar surface area (TPSA) is 119 Å². The van der Waals surface area contributed by atoms with Crippen LogP contribution in [0.2, 0.25) is 0 Å². The van der Waals surface area contributed by atoms with E-state index in [1.807, 2.05) is 0 Å². The van der Waals surface area contributed by atoms with Crippen molar-refractivity contribution in [2.24, 2.45) is 0 Å². The van der Waals surface area contributed by atoms with Gasteiger partial charge in [0.15, 0.2) is 6.54 Å². The predicted octanol–water partition coefficient (Wildman–Crippen LogP) is 1.18. The summed E-state index contributed by atoms with van der Waals surface area (Å²) in [5.74, 6) is -0.993. The number of benzene rings is 1. The predicted molar refractivity (Wildman–Crippen MR) is 82.0 cm³/mol. The second-order valence-electron chi connectivity index (χ2n) is 4.59. The molecule has 0 unspecified atom stereocenters. The number of carbonyl (C=O) groups is 2. The highest BCUT2D eigenvalue weighted by Crippen LogP contribution is 2.12. The van der Waals surface area contributed by atoms with Crippen molar-refractivity contribution in [3.05, 3.63) is 52.2 Å². The maximum Gasteiger partial charge on any atom is 0.345 e.